The predicted molar refractivity (Wildman–Crippen MR) is 346 cm³/mol. The topological polar surface area (TPSA) is 307 Å². The minimum Gasteiger partial charge on any atom is -0.394 e. The Kier molecular flexibility index (Phi) is 47.0. The Balaban J connectivity index is 1.45. The van der Waals surface area contributed by atoms with Gasteiger partial charge in [-0.3, -0.25) is 4.79 Å². The summed E-state index contributed by atoms with van der Waals surface area (Å²) in [6, 6.07) is -0.999. The molecule has 1 amide bonds. The van der Waals surface area contributed by atoms with Gasteiger partial charge in [-0.2, -0.15) is 0 Å². The van der Waals surface area contributed by atoms with E-state index in [0.717, 1.165) is 51.4 Å². The number of nitrogens with one attached hydrogen (secondary N) is 1. The van der Waals surface area contributed by atoms with Gasteiger partial charge in [-0.05, 0) is 77.0 Å². The summed E-state index contributed by atoms with van der Waals surface area (Å²) in [4.78, 5) is 13.4. The largest absolute Gasteiger partial charge is 0.394 e. The quantitative estimate of drug-likeness (QED) is 0.0199. The van der Waals surface area contributed by atoms with Crippen LogP contribution in [0.3, 0.4) is 0 Å². The molecule has 3 rings (SSSR count). The maximum Gasteiger partial charge on any atom is 0.220 e. The molecular weight excluding hydrogens is 1140 g/mol. The van der Waals surface area contributed by atoms with E-state index in [2.05, 4.69) is 67.8 Å². The maximum absolute atomic E-state index is 13.4. The van der Waals surface area contributed by atoms with Crippen LogP contribution in [0.5, 0.6) is 0 Å². The molecule has 12 N–H and O–H groups in total. The summed E-state index contributed by atoms with van der Waals surface area (Å²) in [5.74, 6) is -0.291. The Morgan fingerprint density at radius 1 is 0.404 bits per heavy atom. The second kappa shape index (κ2) is 51.8. The van der Waals surface area contributed by atoms with E-state index < -0.39 is 124 Å². The molecule has 0 aromatic heterocycles. The van der Waals surface area contributed by atoms with Crippen molar-refractivity contribution in [3.05, 3.63) is 60.8 Å². The van der Waals surface area contributed by atoms with Crippen molar-refractivity contribution in [3.8, 4) is 0 Å². The van der Waals surface area contributed by atoms with Crippen molar-refractivity contribution in [1.82, 2.24) is 5.32 Å². The monoisotopic (exact) mass is 1270 g/mol. The standard InChI is InChI=1S/C70H125NO18/c1-3-5-7-9-11-13-15-17-19-21-23-24-25-26-27-28-30-32-34-36-38-40-42-44-46-48-58(76)71-53(54(75)47-45-43-41-39-37-35-33-31-29-22-20-18-16-14-12-10-8-6-4-2)52-84-68-64(82)61(79)66(56(50-73)86-68)89-70-65(83)62(80)67(57(51-74)87-70)88-69-63(81)60(78)59(77)55(49-72)85-69/h15,17,21,23,29,31,37,39,45,47,53-57,59-70,72-75,77-83H,3-14,16,18-20,22,24-28,30,32-36,38,40-44,46,48-52H2,1-2H3,(H,71,76)/b17-15-,23-21-,31-29+,39-37+,47-45+. The number of carbonyl (C=O) groups excluding carboxylic acids is 1. The van der Waals surface area contributed by atoms with E-state index in [0.29, 0.717) is 12.8 Å². The molecule has 0 saturated carbocycles. The van der Waals surface area contributed by atoms with Crippen LogP contribution in [-0.2, 0) is 33.2 Å². The average molecular weight is 1270 g/mol. The summed E-state index contributed by atoms with van der Waals surface area (Å²) in [5.41, 5.74) is 0. The second-order valence-corrected chi connectivity index (χ2v) is 25.0. The molecule has 3 saturated heterocycles. The fourth-order valence-corrected chi connectivity index (χ4v) is 11.5. The van der Waals surface area contributed by atoms with Crippen LogP contribution < -0.4 is 5.32 Å². The molecule has 19 heteroatoms. The first-order valence-corrected chi connectivity index (χ1v) is 35.0. The first-order chi connectivity index (χ1) is 43.3. The number of unbranched alkanes of at least 4 members (excludes halogenated alkanes) is 29. The molecular formula is C70H125NO18. The third kappa shape index (κ3) is 33.9. The van der Waals surface area contributed by atoms with Crippen LogP contribution in [0.4, 0.5) is 0 Å². The Labute approximate surface area is 535 Å². The van der Waals surface area contributed by atoms with E-state index in [1.54, 1.807) is 6.08 Å². The lowest BCUT2D eigenvalue weighted by molar-refractivity contribution is -0.379. The Morgan fingerprint density at radius 2 is 0.753 bits per heavy atom. The molecule has 0 radical (unpaired) electrons. The first-order valence-electron chi connectivity index (χ1n) is 35.0. The minimum absolute atomic E-state index is 0.230. The lowest BCUT2D eigenvalue weighted by Crippen LogP contribution is -2.66. The summed E-state index contributed by atoms with van der Waals surface area (Å²) >= 11 is 0. The third-order valence-corrected chi connectivity index (χ3v) is 17.3. The van der Waals surface area contributed by atoms with Gasteiger partial charge < -0.3 is 89.9 Å². The van der Waals surface area contributed by atoms with Crippen LogP contribution in [0, 0.1) is 0 Å². The highest BCUT2D eigenvalue weighted by Crippen LogP contribution is 2.33. The van der Waals surface area contributed by atoms with Crippen LogP contribution in [0.25, 0.3) is 0 Å². The van der Waals surface area contributed by atoms with Crippen molar-refractivity contribution in [2.75, 3.05) is 26.4 Å². The van der Waals surface area contributed by atoms with Gasteiger partial charge in [0, 0.05) is 6.42 Å². The normalized spacial score (nSPS) is 28.6. The van der Waals surface area contributed by atoms with Gasteiger partial charge in [0.2, 0.25) is 5.91 Å². The Bertz CT molecular complexity index is 1850. The van der Waals surface area contributed by atoms with Gasteiger partial charge in [-0.25, -0.2) is 0 Å². The zero-order valence-electron chi connectivity index (χ0n) is 54.6. The molecule has 0 aromatic carbocycles. The number of rotatable bonds is 53. The van der Waals surface area contributed by atoms with Crippen molar-refractivity contribution in [3.63, 3.8) is 0 Å². The van der Waals surface area contributed by atoms with Gasteiger partial charge in [0.15, 0.2) is 18.9 Å². The third-order valence-electron chi connectivity index (χ3n) is 17.3. The first kappa shape index (κ1) is 80.7. The molecule has 89 heavy (non-hydrogen) atoms. The van der Waals surface area contributed by atoms with Crippen molar-refractivity contribution < 1.29 is 89.4 Å². The molecule has 3 aliphatic heterocycles. The van der Waals surface area contributed by atoms with Crippen LogP contribution in [0.1, 0.15) is 245 Å². The molecule has 3 aliphatic rings. The van der Waals surface area contributed by atoms with Crippen molar-refractivity contribution in [2.45, 2.75) is 349 Å². The molecule has 17 unspecified atom stereocenters. The van der Waals surface area contributed by atoms with Crippen molar-refractivity contribution in [2.24, 2.45) is 0 Å². The lowest BCUT2D eigenvalue weighted by Gasteiger charge is -2.48. The molecule has 19 nitrogen and oxygen atoms in total. The number of ether oxygens (including phenoxy) is 6. The van der Waals surface area contributed by atoms with Crippen molar-refractivity contribution in [1.29, 1.82) is 0 Å². The fourth-order valence-electron chi connectivity index (χ4n) is 11.5. The molecule has 0 bridgehead atoms. The van der Waals surface area contributed by atoms with E-state index in [1.165, 1.54) is 161 Å². The van der Waals surface area contributed by atoms with Gasteiger partial charge in [-0.1, -0.05) is 222 Å². The number of aliphatic hydroxyl groups is 11. The Morgan fingerprint density at radius 3 is 1.19 bits per heavy atom. The number of carbonyl (C=O) groups is 1. The maximum atomic E-state index is 13.4. The number of allylic oxidation sites excluding steroid dienone is 9. The average Bonchev–Trinajstić information content (AvgIpc) is 2.44. The van der Waals surface area contributed by atoms with Crippen LogP contribution in [0.15, 0.2) is 60.8 Å². The van der Waals surface area contributed by atoms with Crippen LogP contribution >= 0.6 is 0 Å². The zero-order valence-corrected chi connectivity index (χ0v) is 54.6. The summed E-state index contributed by atoms with van der Waals surface area (Å²) in [6.45, 7) is 1.70. The van der Waals surface area contributed by atoms with Gasteiger partial charge in [0.1, 0.15) is 73.2 Å². The van der Waals surface area contributed by atoms with Crippen LogP contribution in [0.2, 0.25) is 0 Å². The highest BCUT2D eigenvalue weighted by atomic mass is 16.8. The highest BCUT2D eigenvalue weighted by Gasteiger charge is 2.53. The minimum atomic E-state index is -1.98. The summed E-state index contributed by atoms with van der Waals surface area (Å²) in [6.07, 6.45) is 36.2. The number of hydrogen-bond acceptors (Lipinski definition) is 18. The SMILES string of the molecule is CCCCCCC/C=C\C/C=C\CCCCCCCCCCCCCCCC(=O)NC(COC1OC(CO)C(OC2OC(CO)C(OC3OC(CO)C(O)C(O)C3O)C(O)C2O)C(O)C1O)C(O)/C=C/CC/C=C/CC/C=C/CCCCCCCCCCC. The van der Waals surface area contributed by atoms with Gasteiger partial charge in [0.05, 0.1) is 38.6 Å². The van der Waals surface area contributed by atoms with E-state index in [9.17, 15) is 61.0 Å². The molecule has 17 atom stereocenters. The molecule has 0 spiro atoms. The van der Waals surface area contributed by atoms with Gasteiger partial charge >= 0.3 is 0 Å². The van der Waals surface area contributed by atoms with Crippen LogP contribution in [-0.4, -0.2) is 193 Å². The van der Waals surface area contributed by atoms with E-state index >= 15 is 0 Å². The lowest BCUT2D eigenvalue weighted by atomic mass is 9.96. The van der Waals surface area contributed by atoms with Gasteiger partial charge in [-0.15, -0.1) is 0 Å². The summed E-state index contributed by atoms with van der Waals surface area (Å²) in [7, 11) is 0. The summed E-state index contributed by atoms with van der Waals surface area (Å²) in [5, 5.41) is 120. The van der Waals surface area contributed by atoms with Gasteiger partial charge in [0.25, 0.3) is 0 Å². The van der Waals surface area contributed by atoms with E-state index in [-0.39, 0.29) is 18.9 Å². The molecule has 0 aromatic rings. The van der Waals surface area contributed by atoms with E-state index in [4.69, 9.17) is 28.4 Å². The molecule has 0 aliphatic carbocycles. The molecule has 518 valence electrons. The fraction of sp³-hybridized carbons (Fsp3) is 0.843. The van der Waals surface area contributed by atoms with Crippen molar-refractivity contribution >= 4 is 5.91 Å². The molecule has 3 fully saturated rings. The second-order valence-electron chi connectivity index (χ2n) is 25.0. The highest BCUT2D eigenvalue weighted by molar-refractivity contribution is 5.76. The predicted octanol–water partition coefficient (Wildman–Crippen LogP) is 9.16. The number of aliphatic hydroxyl groups excluding tert-OH is 11. The number of amides is 1. The Hall–Kier alpha value is -2.51. The van der Waals surface area contributed by atoms with E-state index in [1.807, 2.05) is 6.08 Å². The summed E-state index contributed by atoms with van der Waals surface area (Å²) < 4.78 is 34.3. The molecule has 3 heterocycles. The number of hydrogen-bond donors (Lipinski definition) is 12. The zero-order chi connectivity index (χ0) is 64.7. The smallest absolute Gasteiger partial charge is 0.220 e.